The SMILES string of the molecule is COCCCOC(CN)c1ccsc1. The maximum absolute atomic E-state index is 5.64. The van der Waals surface area contributed by atoms with Crippen molar-refractivity contribution in [2.45, 2.75) is 12.5 Å². The molecular formula is C10H17NO2S. The van der Waals surface area contributed by atoms with Gasteiger partial charge in [-0.05, 0) is 28.8 Å². The third kappa shape index (κ3) is 3.75. The second kappa shape index (κ2) is 6.95. The van der Waals surface area contributed by atoms with Crippen LogP contribution in [-0.4, -0.2) is 26.9 Å². The average molecular weight is 215 g/mol. The first-order chi connectivity index (χ1) is 6.88. The maximum atomic E-state index is 5.64. The van der Waals surface area contributed by atoms with Crippen molar-refractivity contribution in [1.29, 1.82) is 0 Å². The second-order valence-electron chi connectivity index (χ2n) is 3.00. The Morgan fingerprint density at radius 3 is 2.93 bits per heavy atom. The minimum Gasteiger partial charge on any atom is -0.385 e. The maximum Gasteiger partial charge on any atom is 0.0955 e. The summed E-state index contributed by atoms with van der Waals surface area (Å²) < 4.78 is 10.6. The van der Waals surface area contributed by atoms with E-state index in [1.807, 2.05) is 5.38 Å². The number of rotatable bonds is 7. The predicted molar refractivity (Wildman–Crippen MR) is 58.6 cm³/mol. The lowest BCUT2D eigenvalue weighted by molar-refractivity contribution is 0.0441. The molecule has 3 nitrogen and oxygen atoms in total. The van der Waals surface area contributed by atoms with E-state index in [1.165, 1.54) is 5.56 Å². The number of hydrogen-bond donors (Lipinski definition) is 1. The van der Waals surface area contributed by atoms with Crippen molar-refractivity contribution < 1.29 is 9.47 Å². The third-order valence-corrected chi connectivity index (χ3v) is 2.64. The van der Waals surface area contributed by atoms with Crippen molar-refractivity contribution >= 4 is 11.3 Å². The summed E-state index contributed by atoms with van der Waals surface area (Å²) in [6, 6.07) is 2.05. The fraction of sp³-hybridized carbons (Fsp3) is 0.600. The van der Waals surface area contributed by atoms with Gasteiger partial charge in [-0.15, -0.1) is 0 Å². The van der Waals surface area contributed by atoms with E-state index in [1.54, 1.807) is 18.4 Å². The van der Waals surface area contributed by atoms with E-state index in [0.717, 1.165) is 13.0 Å². The quantitative estimate of drug-likeness (QED) is 0.705. The van der Waals surface area contributed by atoms with Crippen LogP contribution >= 0.6 is 11.3 Å². The molecule has 14 heavy (non-hydrogen) atoms. The molecule has 0 saturated carbocycles. The summed E-state index contributed by atoms with van der Waals surface area (Å²) in [5, 5.41) is 4.12. The lowest BCUT2D eigenvalue weighted by atomic mass is 10.2. The van der Waals surface area contributed by atoms with E-state index < -0.39 is 0 Å². The van der Waals surface area contributed by atoms with Gasteiger partial charge in [-0.3, -0.25) is 0 Å². The lowest BCUT2D eigenvalue weighted by Crippen LogP contribution is -2.16. The summed E-state index contributed by atoms with van der Waals surface area (Å²) in [4.78, 5) is 0. The van der Waals surface area contributed by atoms with E-state index in [4.69, 9.17) is 15.2 Å². The zero-order chi connectivity index (χ0) is 10.2. The Kier molecular flexibility index (Phi) is 5.78. The Labute approximate surface area is 88.8 Å². The van der Waals surface area contributed by atoms with E-state index in [9.17, 15) is 0 Å². The highest BCUT2D eigenvalue weighted by Gasteiger charge is 2.09. The highest BCUT2D eigenvalue weighted by Crippen LogP contribution is 2.18. The second-order valence-corrected chi connectivity index (χ2v) is 3.78. The predicted octanol–water partition coefficient (Wildman–Crippen LogP) is 1.80. The monoisotopic (exact) mass is 215 g/mol. The Morgan fingerprint density at radius 1 is 1.50 bits per heavy atom. The normalized spacial score (nSPS) is 13.0. The molecule has 1 aromatic rings. The molecule has 0 bridgehead atoms. The first kappa shape index (κ1) is 11.7. The van der Waals surface area contributed by atoms with Gasteiger partial charge in [-0.1, -0.05) is 0 Å². The van der Waals surface area contributed by atoms with Gasteiger partial charge in [0.15, 0.2) is 0 Å². The van der Waals surface area contributed by atoms with Gasteiger partial charge in [0.1, 0.15) is 0 Å². The van der Waals surface area contributed by atoms with E-state index in [2.05, 4.69) is 11.4 Å². The van der Waals surface area contributed by atoms with E-state index >= 15 is 0 Å². The summed E-state index contributed by atoms with van der Waals surface area (Å²) in [6.07, 6.45) is 0.954. The van der Waals surface area contributed by atoms with Gasteiger partial charge in [0.05, 0.1) is 6.10 Å². The van der Waals surface area contributed by atoms with Crippen LogP contribution in [0, 0.1) is 0 Å². The van der Waals surface area contributed by atoms with Gasteiger partial charge in [0.2, 0.25) is 0 Å². The largest absolute Gasteiger partial charge is 0.385 e. The van der Waals surface area contributed by atoms with Crippen molar-refractivity contribution in [3.63, 3.8) is 0 Å². The molecule has 0 spiro atoms. The summed E-state index contributed by atoms with van der Waals surface area (Å²) in [5.41, 5.74) is 6.80. The van der Waals surface area contributed by atoms with Crippen LogP contribution in [0.5, 0.6) is 0 Å². The summed E-state index contributed by atoms with van der Waals surface area (Å²) in [7, 11) is 1.69. The zero-order valence-electron chi connectivity index (χ0n) is 8.44. The fourth-order valence-electron chi connectivity index (χ4n) is 1.19. The molecule has 0 aliphatic rings. The highest BCUT2D eigenvalue weighted by molar-refractivity contribution is 7.07. The molecule has 0 radical (unpaired) electrons. The van der Waals surface area contributed by atoms with Crippen LogP contribution in [0.15, 0.2) is 16.8 Å². The minimum atomic E-state index is 0.0399. The standard InChI is InChI=1S/C10H17NO2S/c1-12-4-2-5-13-10(7-11)9-3-6-14-8-9/h3,6,8,10H,2,4-5,7,11H2,1H3. The molecule has 0 aliphatic carbocycles. The molecule has 4 heteroatoms. The molecule has 0 fully saturated rings. The molecule has 1 rings (SSSR count). The molecule has 0 amide bonds. The van der Waals surface area contributed by atoms with Crippen LogP contribution < -0.4 is 5.73 Å². The third-order valence-electron chi connectivity index (χ3n) is 1.94. The highest BCUT2D eigenvalue weighted by atomic mass is 32.1. The molecule has 80 valence electrons. The van der Waals surface area contributed by atoms with Crippen LogP contribution in [0.25, 0.3) is 0 Å². The Hall–Kier alpha value is -0.420. The Bertz CT molecular complexity index is 226. The summed E-state index contributed by atoms with van der Waals surface area (Å²) in [6.45, 7) is 1.97. The molecule has 2 N–H and O–H groups in total. The van der Waals surface area contributed by atoms with Crippen molar-refractivity contribution in [3.8, 4) is 0 Å². The first-order valence-electron chi connectivity index (χ1n) is 4.71. The van der Waals surface area contributed by atoms with Crippen LogP contribution in [0.1, 0.15) is 18.1 Å². The zero-order valence-corrected chi connectivity index (χ0v) is 9.26. The Morgan fingerprint density at radius 2 is 2.36 bits per heavy atom. The number of thiophene rings is 1. The van der Waals surface area contributed by atoms with E-state index in [0.29, 0.717) is 13.2 Å². The smallest absolute Gasteiger partial charge is 0.0955 e. The molecule has 0 aromatic carbocycles. The summed E-state index contributed by atoms with van der Waals surface area (Å²) in [5.74, 6) is 0. The average Bonchev–Trinajstić information content (AvgIpc) is 2.71. The fourth-order valence-corrected chi connectivity index (χ4v) is 1.89. The first-order valence-corrected chi connectivity index (χ1v) is 5.65. The number of methoxy groups -OCH3 is 1. The topological polar surface area (TPSA) is 44.5 Å². The molecule has 0 aliphatic heterocycles. The van der Waals surface area contributed by atoms with Crippen LogP contribution in [0.2, 0.25) is 0 Å². The van der Waals surface area contributed by atoms with Crippen LogP contribution in [0.3, 0.4) is 0 Å². The van der Waals surface area contributed by atoms with Crippen molar-refractivity contribution in [2.75, 3.05) is 26.9 Å². The van der Waals surface area contributed by atoms with Crippen molar-refractivity contribution in [2.24, 2.45) is 5.73 Å². The van der Waals surface area contributed by atoms with Gasteiger partial charge in [-0.25, -0.2) is 0 Å². The van der Waals surface area contributed by atoms with Gasteiger partial charge in [0.25, 0.3) is 0 Å². The molecule has 0 saturated heterocycles. The molecule has 1 atom stereocenters. The van der Waals surface area contributed by atoms with Gasteiger partial charge >= 0.3 is 0 Å². The van der Waals surface area contributed by atoms with Gasteiger partial charge in [0, 0.05) is 26.9 Å². The van der Waals surface area contributed by atoms with E-state index in [-0.39, 0.29) is 6.10 Å². The van der Waals surface area contributed by atoms with Gasteiger partial charge in [-0.2, -0.15) is 11.3 Å². The van der Waals surface area contributed by atoms with Crippen LogP contribution in [0.4, 0.5) is 0 Å². The number of hydrogen-bond acceptors (Lipinski definition) is 4. The Balaban J connectivity index is 2.26. The lowest BCUT2D eigenvalue weighted by Gasteiger charge is -2.14. The van der Waals surface area contributed by atoms with Crippen molar-refractivity contribution in [1.82, 2.24) is 0 Å². The van der Waals surface area contributed by atoms with Crippen LogP contribution in [-0.2, 0) is 9.47 Å². The number of nitrogens with two attached hydrogens (primary N) is 1. The minimum absolute atomic E-state index is 0.0399. The molecule has 1 unspecified atom stereocenters. The summed E-state index contributed by atoms with van der Waals surface area (Å²) >= 11 is 1.67. The van der Waals surface area contributed by atoms with Gasteiger partial charge < -0.3 is 15.2 Å². The molecule has 1 aromatic heterocycles. The molecule has 1 heterocycles. The molecular weight excluding hydrogens is 198 g/mol. The van der Waals surface area contributed by atoms with Crippen molar-refractivity contribution in [3.05, 3.63) is 22.4 Å². The number of ether oxygens (including phenoxy) is 2.